The lowest BCUT2D eigenvalue weighted by Gasteiger charge is -2.38. The largest absolute Gasteiger partial charge is 0.454 e. The van der Waals surface area contributed by atoms with Gasteiger partial charge in [-0.05, 0) is 24.3 Å². The molecule has 3 rings (SSSR count). The van der Waals surface area contributed by atoms with Gasteiger partial charge in [-0.15, -0.1) is 0 Å². The normalized spacial score (nSPS) is 25.3. The van der Waals surface area contributed by atoms with Crippen LogP contribution in [0.1, 0.15) is 27.6 Å². The highest BCUT2D eigenvalue weighted by molar-refractivity contribution is 5.90. The summed E-state index contributed by atoms with van der Waals surface area (Å²) in [7, 11) is 0. The van der Waals surface area contributed by atoms with Crippen LogP contribution < -0.4 is 0 Å². The van der Waals surface area contributed by atoms with Crippen molar-refractivity contribution >= 4 is 11.9 Å². The standard InChI is InChI=1S/C20H20O6/c1-13-12-24-20(23)17(26-19(22)15-10-6-3-7-11-15)16(13)25-18(21)14-8-4-2-5-9-14/h2-11,13,16-17,20,23H,12H2,1H3/t13-,16-,17+,20?/m1/s1. The molecule has 6 nitrogen and oxygen atoms in total. The quantitative estimate of drug-likeness (QED) is 0.848. The molecule has 0 spiro atoms. The highest BCUT2D eigenvalue weighted by Gasteiger charge is 2.43. The lowest BCUT2D eigenvalue weighted by molar-refractivity contribution is -0.236. The maximum atomic E-state index is 12.4. The molecule has 4 atom stereocenters. The Balaban J connectivity index is 1.76. The van der Waals surface area contributed by atoms with E-state index in [2.05, 4.69) is 0 Å². The lowest BCUT2D eigenvalue weighted by Crippen LogP contribution is -2.53. The van der Waals surface area contributed by atoms with Crippen molar-refractivity contribution in [3.63, 3.8) is 0 Å². The molecule has 1 saturated heterocycles. The van der Waals surface area contributed by atoms with Gasteiger partial charge >= 0.3 is 11.9 Å². The van der Waals surface area contributed by atoms with Crippen LogP contribution >= 0.6 is 0 Å². The van der Waals surface area contributed by atoms with Gasteiger partial charge in [0.25, 0.3) is 0 Å². The van der Waals surface area contributed by atoms with Crippen LogP contribution in [0.2, 0.25) is 0 Å². The molecule has 136 valence electrons. The van der Waals surface area contributed by atoms with Crippen LogP contribution in [-0.2, 0) is 14.2 Å². The Morgan fingerprint density at radius 3 is 1.85 bits per heavy atom. The van der Waals surface area contributed by atoms with Crippen LogP contribution in [0.5, 0.6) is 0 Å². The number of hydrogen-bond acceptors (Lipinski definition) is 6. The molecule has 0 bridgehead atoms. The van der Waals surface area contributed by atoms with E-state index >= 15 is 0 Å². The van der Waals surface area contributed by atoms with Gasteiger partial charge in [-0.25, -0.2) is 9.59 Å². The Morgan fingerprint density at radius 1 is 0.885 bits per heavy atom. The summed E-state index contributed by atoms with van der Waals surface area (Å²) in [6.07, 6.45) is -3.30. The number of carbonyl (C=O) groups excluding carboxylic acids is 2. The molecule has 0 aromatic heterocycles. The number of ether oxygens (including phenoxy) is 3. The molecule has 1 heterocycles. The topological polar surface area (TPSA) is 82.1 Å². The van der Waals surface area contributed by atoms with E-state index < -0.39 is 30.4 Å². The summed E-state index contributed by atoms with van der Waals surface area (Å²) in [6, 6.07) is 16.9. The zero-order valence-corrected chi connectivity index (χ0v) is 14.3. The predicted octanol–water partition coefficient (Wildman–Crippen LogP) is 2.42. The Labute approximate surface area is 151 Å². The molecule has 1 aliphatic rings. The molecule has 1 fully saturated rings. The summed E-state index contributed by atoms with van der Waals surface area (Å²) in [5, 5.41) is 10.1. The van der Waals surface area contributed by atoms with Gasteiger partial charge in [-0.3, -0.25) is 0 Å². The van der Waals surface area contributed by atoms with Gasteiger partial charge in [-0.2, -0.15) is 0 Å². The number of esters is 2. The van der Waals surface area contributed by atoms with Crippen LogP contribution in [0.25, 0.3) is 0 Å². The zero-order chi connectivity index (χ0) is 18.5. The molecule has 26 heavy (non-hydrogen) atoms. The van der Waals surface area contributed by atoms with E-state index in [1.165, 1.54) is 0 Å². The molecule has 0 radical (unpaired) electrons. The fraction of sp³-hybridized carbons (Fsp3) is 0.300. The third-order valence-electron chi connectivity index (χ3n) is 4.20. The Kier molecular flexibility index (Phi) is 5.65. The van der Waals surface area contributed by atoms with Crippen LogP contribution in [0, 0.1) is 5.92 Å². The minimum absolute atomic E-state index is 0.188. The number of hydrogen-bond donors (Lipinski definition) is 1. The first kappa shape index (κ1) is 18.1. The van der Waals surface area contributed by atoms with Crippen molar-refractivity contribution in [2.45, 2.75) is 25.4 Å². The zero-order valence-electron chi connectivity index (χ0n) is 14.3. The van der Waals surface area contributed by atoms with Crippen molar-refractivity contribution in [2.75, 3.05) is 6.61 Å². The monoisotopic (exact) mass is 356 g/mol. The third-order valence-corrected chi connectivity index (χ3v) is 4.20. The number of aliphatic hydroxyl groups is 1. The number of rotatable bonds is 4. The van der Waals surface area contributed by atoms with E-state index in [-0.39, 0.29) is 12.5 Å². The number of benzene rings is 2. The fourth-order valence-electron chi connectivity index (χ4n) is 2.77. The third kappa shape index (κ3) is 4.09. The smallest absolute Gasteiger partial charge is 0.338 e. The van der Waals surface area contributed by atoms with Crippen molar-refractivity contribution < 1.29 is 28.9 Å². The maximum absolute atomic E-state index is 12.4. The summed E-state index contributed by atoms with van der Waals surface area (Å²) in [5.74, 6) is -1.41. The summed E-state index contributed by atoms with van der Waals surface area (Å²) in [4.78, 5) is 24.7. The highest BCUT2D eigenvalue weighted by Crippen LogP contribution is 2.26. The van der Waals surface area contributed by atoms with Crippen LogP contribution in [0.3, 0.4) is 0 Å². The van der Waals surface area contributed by atoms with Crippen molar-refractivity contribution in [2.24, 2.45) is 5.92 Å². The second-order valence-corrected chi connectivity index (χ2v) is 6.17. The van der Waals surface area contributed by atoms with E-state index in [1.807, 2.05) is 0 Å². The lowest BCUT2D eigenvalue weighted by atomic mass is 9.97. The van der Waals surface area contributed by atoms with Gasteiger partial charge in [0, 0.05) is 5.92 Å². The molecule has 2 aromatic carbocycles. The average molecular weight is 356 g/mol. The minimum Gasteiger partial charge on any atom is -0.454 e. The molecule has 0 aliphatic carbocycles. The van der Waals surface area contributed by atoms with E-state index in [0.717, 1.165) is 0 Å². The van der Waals surface area contributed by atoms with Gasteiger partial charge in [0.05, 0.1) is 17.7 Å². The molecule has 0 amide bonds. The highest BCUT2D eigenvalue weighted by atomic mass is 16.7. The Hall–Kier alpha value is -2.70. The molecule has 1 aliphatic heterocycles. The van der Waals surface area contributed by atoms with Crippen molar-refractivity contribution in [3.8, 4) is 0 Å². The second-order valence-electron chi connectivity index (χ2n) is 6.17. The molecule has 6 heteroatoms. The molecule has 0 saturated carbocycles. The first-order valence-corrected chi connectivity index (χ1v) is 8.38. The summed E-state index contributed by atoms with van der Waals surface area (Å²) in [5.41, 5.74) is 0.722. The summed E-state index contributed by atoms with van der Waals surface area (Å²) in [6.45, 7) is 1.99. The molecular formula is C20H20O6. The fourth-order valence-corrected chi connectivity index (χ4v) is 2.77. The van der Waals surface area contributed by atoms with Gasteiger partial charge in [0.1, 0.15) is 6.10 Å². The second kappa shape index (κ2) is 8.12. The first-order valence-electron chi connectivity index (χ1n) is 8.38. The number of carbonyl (C=O) groups is 2. The molecular weight excluding hydrogens is 336 g/mol. The predicted molar refractivity (Wildman–Crippen MR) is 92.4 cm³/mol. The first-order chi connectivity index (χ1) is 12.6. The van der Waals surface area contributed by atoms with E-state index in [0.29, 0.717) is 11.1 Å². The maximum Gasteiger partial charge on any atom is 0.338 e. The van der Waals surface area contributed by atoms with Gasteiger partial charge in [0.2, 0.25) is 0 Å². The van der Waals surface area contributed by atoms with E-state index in [9.17, 15) is 14.7 Å². The summed E-state index contributed by atoms with van der Waals surface area (Å²) < 4.78 is 16.2. The van der Waals surface area contributed by atoms with Gasteiger partial charge < -0.3 is 19.3 Å². The van der Waals surface area contributed by atoms with Gasteiger partial charge in [0.15, 0.2) is 12.4 Å². The number of aliphatic hydroxyl groups excluding tert-OH is 1. The SMILES string of the molecule is C[C@@H]1COC(O)[C@@H](OC(=O)c2ccccc2)[C@@H]1OC(=O)c1ccccc1. The summed E-state index contributed by atoms with van der Waals surface area (Å²) >= 11 is 0. The molecule has 2 aromatic rings. The van der Waals surface area contributed by atoms with Crippen molar-refractivity contribution in [3.05, 3.63) is 71.8 Å². The molecule has 1 N–H and O–H groups in total. The van der Waals surface area contributed by atoms with Crippen molar-refractivity contribution in [1.82, 2.24) is 0 Å². The minimum atomic E-state index is -1.37. The van der Waals surface area contributed by atoms with E-state index in [4.69, 9.17) is 14.2 Å². The van der Waals surface area contributed by atoms with Crippen molar-refractivity contribution in [1.29, 1.82) is 0 Å². The van der Waals surface area contributed by atoms with Gasteiger partial charge in [-0.1, -0.05) is 43.3 Å². The average Bonchev–Trinajstić information content (AvgIpc) is 2.68. The van der Waals surface area contributed by atoms with Crippen LogP contribution in [0.15, 0.2) is 60.7 Å². The Morgan fingerprint density at radius 2 is 1.35 bits per heavy atom. The van der Waals surface area contributed by atoms with Crippen LogP contribution in [0.4, 0.5) is 0 Å². The Bertz CT molecular complexity index is 680. The van der Waals surface area contributed by atoms with E-state index in [1.54, 1.807) is 67.6 Å². The van der Waals surface area contributed by atoms with Crippen LogP contribution in [-0.4, -0.2) is 42.1 Å². The molecule has 1 unspecified atom stereocenters.